The van der Waals surface area contributed by atoms with Gasteiger partial charge in [0.25, 0.3) is 0 Å². The molecule has 6 nitrogen and oxygen atoms in total. The third-order valence-corrected chi connectivity index (χ3v) is 3.99. The van der Waals surface area contributed by atoms with Gasteiger partial charge < -0.3 is 14.9 Å². The molecule has 1 fully saturated rings. The van der Waals surface area contributed by atoms with Crippen LogP contribution in [0.4, 0.5) is 10.5 Å². The second-order valence-corrected chi connectivity index (χ2v) is 7.11. The van der Waals surface area contributed by atoms with Crippen molar-refractivity contribution in [1.29, 1.82) is 0 Å². The summed E-state index contributed by atoms with van der Waals surface area (Å²) in [4.78, 5) is 23.4. The van der Waals surface area contributed by atoms with Crippen LogP contribution < -0.4 is 5.32 Å². The highest BCUT2D eigenvalue weighted by molar-refractivity contribution is 5.87. The predicted molar refractivity (Wildman–Crippen MR) is 85.6 cm³/mol. The maximum Gasteiger partial charge on any atom is 0.412 e. The standard InChI is InChI=1S/C17H23NO5/c1-10-7-11(17(14(20)21)8-12(19)9-17)5-6-13(10)18-15(22)23-16(2,3)4/h5-7,12,19H,8-9H2,1-4H3,(H,18,22)(H,20,21). The average Bonchev–Trinajstić information content (AvgIpc) is 2.34. The minimum atomic E-state index is -1.03. The fourth-order valence-corrected chi connectivity index (χ4v) is 2.79. The van der Waals surface area contributed by atoms with Crippen molar-refractivity contribution < 1.29 is 24.5 Å². The number of benzene rings is 1. The number of hydrogen-bond donors (Lipinski definition) is 3. The van der Waals surface area contributed by atoms with Crippen molar-refractivity contribution in [1.82, 2.24) is 0 Å². The Morgan fingerprint density at radius 2 is 1.91 bits per heavy atom. The first-order chi connectivity index (χ1) is 10.5. The number of aliphatic carboxylic acids is 1. The molecule has 1 aromatic rings. The number of ether oxygens (including phenoxy) is 1. The molecule has 0 atom stereocenters. The third kappa shape index (κ3) is 3.64. The Labute approximate surface area is 135 Å². The number of carboxylic acid groups (broad SMARTS) is 1. The third-order valence-electron chi connectivity index (χ3n) is 3.99. The van der Waals surface area contributed by atoms with Gasteiger partial charge in [0.1, 0.15) is 5.60 Å². The largest absolute Gasteiger partial charge is 0.481 e. The van der Waals surface area contributed by atoms with Crippen LogP contribution in [0, 0.1) is 6.92 Å². The molecule has 0 aliphatic heterocycles. The predicted octanol–water partition coefficient (Wildman–Crippen LogP) is 2.82. The lowest BCUT2D eigenvalue weighted by Gasteiger charge is -2.42. The molecule has 23 heavy (non-hydrogen) atoms. The van der Waals surface area contributed by atoms with E-state index in [1.54, 1.807) is 45.9 Å². The molecule has 0 bridgehead atoms. The normalized spacial score (nSPS) is 23.8. The van der Waals surface area contributed by atoms with Crippen LogP contribution in [0.2, 0.25) is 0 Å². The van der Waals surface area contributed by atoms with Crippen LogP contribution in [-0.2, 0) is 14.9 Å². The van der Waals surface area contributed by atoms with Gasteiger partial charge in [0.2, 0.25) is 0 Å². The Balaban J connectivity index is 2.18. The average molecular weight is 321 g/mol. The molecule has 0 radical (unpaired) electrons. The summed E-state index contributed by atoms with van der Waals surface area (Å²) in [5, 5.41) is 21.7. The highest BCUT2D eigenvalue weighted by Crippen LogP contribution is 2.44. The number of amides is 1. The molecule has 0 heterocycles. The summed E-state index contributed by atoms with van der Waals surface area (Å²) in [5.41, 5.74) is 0.337. The van der Waals surface area contributed by atoms with E-state index in [-0.39, 0.29) is 12.8 Å². The van der Waals surface area contributed by atoms with Gasteiger partial charge in [-0.3, -0.25) is 10.1 Å². The van der Waals surface area contributed by atoms with E-state index in [9.17, 15) is 19.8 Å². The zero-order valence-corrected chi connectivity index (χ0v) is 13.8. The lowest BCUT2D eigenvalue weighted by Crippen LogP contribution is -2.50. The Bertz CT molecular complexity index is 626. The molecule has 1 aliphatic rings. The van der Waals surface area contributed by atoms with Crippen molar-refractivity contribution in [2.24, 2.45) is 0 Å². The van der Waals surface area contributed by atoms with Crippen molar-refractivity contribution in [2.45, 2.75) is 57.7 Å². The fourth-order valence-electron chi connectivity index (χ4n) is 2.79. The number of rotatable bonds is 3. The number of hydrogen-bond acceptors (Lipinski definition) is 4. The minimum Gasteiger partial charge on any atom is -0.481 e. The summed E-state index contributed by atoms with van der Waals surface area (Å²) in [6.07, 6.45) is -0.715. The Hall–Kier alpha value is -2.08. The topological polar surface area (TPSA) is 95.9 Å². The van der Waals surface area contributed by atoms with Crippen LogP contribution in [0.25, 0.3) is 0 Å². The van der Waals surface area contributed by atoms with Crippen molar-refractivity contribution in [3.8, 4) is 0 Å². The van der Waals surface area contributed by atoms with Crippen molar-refractivity contribution >= 4 is 17.7 Å². The van der Waals surface area contributed by atoms with Gasteiger partial charge in [-0.2, -0.15) is 0 Å². The molecule has 0 aromatic heterocycles. The molecule has 1 aliphatic carbocycles. The maximum absolute atomic E-state index is 11.8. The summed E-state index contributed by atoms with van der Waals surface area (Å²) >= 11 is 0. The number of aryl methyl sites for hydroxylation is 1. The molecule has 1 saturated carbocycles. The lowest BCUT2D eigenvalue weighted by molar-refractivity contribution is -0.152. The molecule has 1 aromatic carbocycles. The van der Waals surface area contributed by atoms with Gasteiger partial charge in [0.05, 0.1) is 11.5 Å². The Kier molecular flexibility index (Phi) is 4.39. The van der Waals surface area contributed by atoms with E-state index in [1.807, 2.05) is 0 Å². The van der Waals surface area contributed by atoms with E-state index < -0.39 is 29.2 Å². The van der Waals surface area contributed by atoms with Crippen LogP contribution in [0.15, 0.2) is 18.2 Å². The smallest absolute Gasteiger partial charge is 0.412 e. The van der Waals surface area contributed by atoms with E-state index in [0.717, 1.165) is 5.56 Å². The molecule has 0 unspecified atom stereocenters. The Morgan fingerprint density at radius 3 is 2.35 bits per heavy atom. The van der Waals surface area contributed by atoms with Gasteiger partial charge in [-0.05, 0) is 57.7 Å². The molecule has 0 spiro atoms. The quantitative estimate of drug-likeness (QED) is 0.795. The first-order valence-electron chi connectivity index (χ1n) is 7.56. The lowest BCUT2D eigenvalue weighted by atomic mass is 9.62. The van der Waals surface area contributed by atoms with Crippen molar-refractivity contribution in [3.63, 3.8) is 0 Å². The van der Waals surface area contributed by atoms with Crippen LogP contribution in [0.3, 0.4) is 0 Å². The SMILES string of the molecule is Cc1cc(C2(C(=O)O)CC(O)C2)ccc1NC(=O)OC(C)(C)C. The molecule has 6 heteroatoms. The summed E-state index contributed by atoms with van der Waals surface area (Å²) < 4.78 is 5.20. The summed E-state index contributed by atoms with van der Waals surface area (Å²) in [6, 6.07) is 5.09. The number of carbonyl (C=O) groups excluding carboxylic acids is 1. The highest BCUT2D eigenvalue weighted by Gasteiger charge is 2.51. The first kappa shape index (κ1) is 17.3. The summed E-state index contributed by atoms with van der Waals surface area (Å²) in [6.45, 7) is 7.13. The number of aliphatic hydroxyl groups excluding tert-OH is 1. The van der Waals surface area contributed by atoms with Gasteiger partial charge in [-0.25, -0.2) is 4.79 Å². The fraction of sp³-hybridized carbons (Fsp3) is 0.529. The van der Waals surface area contributed by atoms with Gasteiger partial charge in [-0.15, -0.1) is 0 Å². The van der Waals surface area contributed by atoms with Gasteiger partial charge in [-0.1, -0.05) is 12.1 Å². The van der Waals surface area contributed by atoms with Gasteiger partial charge >= 0.3 is 12.1 Å². The van der Waals surface area contributed by atoms with E-state index in [2.05, 4.69) is 5.32 Å². The second-order valence-electron chi connectivity index (χ2n) is 7.11. The van der Waals surface area contributed by atoms with E-state index in [1.165, 1.54) is 0 Å². The Morgan fingerprint density at radius 1 is 1.30 bits per heavy atom. The highest BCUT2D eigenvalue weighted by atomic mass is 16.6. The number of carboxylic acids is 1. The number of nitrogens with one attached hydrogen (secondary N) is 1. The van der Waals surface area contributed by atoms with Crippen LogP contribution in [0.5, 0.6) is 0 Å². The van der Waals surface area contributed by atoms with E-state index >= 15 is 0 Å². The zero-order valence-electron chi connectivity index (χ0n) is 13.8. The molecule has 2 rings (SSSR count). The van der Waals surface area contributed by atoms with Gasteiger partial charge in [0.15, 0.2) is 0 Å². The van der Waals surface area contributed by atoms with Crippen LogP contribution in [0.1, 0.15) is 44.7 Å². The number of anilines is 1. The van der Waals surface area contributed by atoms with E-state index in [4.69, 9.17) is 4.74 Å². The summed E-state index contributed by atoms with van der Waals surface area (Å²) in [5.74, 6) is -0.935. The molecular weight excluding hydrogens is 298 g/mol. The summed E-state index contributed by atoms with van der Waals surface area (Å²) in [7, 11) is 0. The molecule has 3 N–H and O–H groups in total. The van der Waals surface area contributed by atoms with Crippen molar-refractivity contribution in [2.75, 3.05) is 5.32 Å². The molecule has 126 valence electrons. The molecule has 0 saturated heterocycles. The van der Waals surface area contributed by atoms with Gasteiger partial charge in [0, 0.05) is 5.69 Å². The maximum atomic E-state index is 11.8. The molecule has 1 amide bonds. The minimum absolute atomic E-state index is 0.209. The van der Waals surface area contributed by atoms with Crippen LogP contribution in [-0.4, -0.2) is 34.0 Å². The van der Waals surface area contributed by atoms with Crippen molar-refractivity contribution in [3.05, 3.63) is 29.3 Å². The first-order valence-corrected chi connectivity index (χ1v) is 7.56. The zero-order chi connectivity index (χ0) is 17.4. The second kappa shape index (κ2) is 5.85. The number of carbonyl (C=O) groups is 2. The monoisotopic (exact) mass is 321 g/mol. The van der Waals surface area contributed by atoms with Crippen LogP contribution >= 0.6 is 0 Å². The number of aliphatic hydroxyl groups is 1. The molecular formula is C17H23NO5. The van der Waals surface area contributed by atoms with E-state index in [0.29, 0.717) is 11.3 Å².